The number of aliphatic hydroxyl groups excluding tert-OH is 2. The van der Waals surface area contributed by atoms with Crippen molar-refractivity contribution in [3.8, 4) is 0 Å². The van der Waals surface area contributed by atoms with E-state index in [1.165, 1.54) is 283 Å². The molecule has 0 radical (unpaired) electrons. The van der Waals surface area contributed by atoms with Crippen molar-refractivity contribution < 1.29 is 24.5 Å². The van der Waals surface area contributed by atoms with Gasteiger partial charge in [0.25, 0.3) is 0 Å². The maximum atomic E-state index is 12.5. The highest BCUT2D eigenvalue weighted by molar-refractivity contribution is 5.76. The Labute approximate surface area is 425 Å². The van der Waals surface area contributed by atoms with Crippen molar-refractivity contribution in [2.24, 2.45) is 0 Å². The van der Waals surface area contributed by atoms with Gasteiger partial charge in [0.2, 0.25) is 5.91 Å². The molecule has 2 atom stereocenters. The number of esters is 1. The van der Waals surface area contributed by atoms with Gasteiger partial charge in [0.1, 0.15) is 0 Å². The molecular formula is C62H121NO5. The number of carbonyl (C=O) groups is 2. The Bertz CT molecular complexity index is 1020. The molecule has 0 saturated heterocycles. The summed E-state index contributed by atoms with van der Waals surface area (Å²) in [5, 5.41) is 23.1. The monoisotopic (exact) mass is 960 g/mol. The number of hydrogen-bond donors (Lipinski definition) is 3. The molecule has 0 aliphatic rings. The van der Waals surface area contributed by atoms with E-state index in [0.29, 0.717) is 19.4 Å². The van der Waals surface area contributed by atoms with Crippen molar-refractivity contribution in [1.29, 1.82) is 0 Å². The van der Waals surface area contributed by atoms with Gasteiger partial charge in [-0.3, -0.25) is 9.59 Å². The molecule has 0 saturated carbocycles. The molecule has 68 heavy (non-hydrogen) atoms. The minimum Gasteiger partial charge on any atom is -0.466 e. The summed E-state index contributed by atoms with van der Waals surface area (Å²) >= 11 is 0. The third-order valence-electron chi connectivity index (χ3n) is 14.6. The Balaban J connectivity index is 3.39. The highest BCUT2D eigenvalue weighted by Gasteiger charge is 2.18. The van der Waals surface area contributed by atoms with E-state index in [4.69, 9.17) is 4.74 Å². The van der Waals surface area contributed by atoms with Crippen LogP contribution in [0.5, 0.6) is 0 Å². The molecule has 0 bridgehead atoms. The number of amides is 1. The summed E-state index contributed by atoms with van der Waals surface area (Å²) in [6.45, 7) is 4.93. The van der Waals surface area contributed by atoms with Crippen LogP contribution in [0.3, 0.4) is 0 Å². The number of rotatable bonds is 58. The lowest BCUT2D eigenvalue weighted by molar-refractivity contribution is -0.143. The van der Waals surface area contributed by atoms with Crippen molar-refractivity contribution in [2.45, 2.75) is 360 Å². The van der Waals surface area contributed by atoms with E-state index >= 15 is 0 Å². The van der Waals surface area contributed by atoms with Gasteiger partial charge in [-0.05, 0) is 32.1 Å². The van der Waals surface area contributed by atoms with Gasteiger partial charge in [-0.2, -0.15) is 0 Å². The van der Waals surface area contributed by atoms with Crippen LogP contribution in [-0.2, 0) is 14.3 Å². The zero-order valence-corrected chi connectivity index (χ0v) is 46.1. The Morgan fingerprint density at radius 2 is 0.676 bits per heavy atom. The molecule has 3 N–H and O–H groups in total. The van der Waals surface area contributed by atoms with Crippen LogP contribution in [0.15, 0.2) is 12.2 Å². The highest BCUT2D eigenvalue weighted by Crippen LogP contribution is 2.18. The minimum absolute atomic E-state index is 0.0129. The normalized spacial score (nSPS) is 12.6. The van der Waals surface area contributed by atoms with Crippen LogP contribution in [0.1, 0.15) is 348 Å². The number of hydrogen-bond acceptors (Lipinski definition) is 5. The molecule has 0 rings (SSSR count). The van der Waals surface area contributed by atoms with E-state index in [-0.39, 0.29) is 18.5 Å². The molecule has 0 spiro atoms. The number of unbranched alkanes of at least 4 members (excludes halogenated alkanes) is 47. The van der Waals surface area contributed by atoms with Gasteiger partial charge in [0.15, 0.2) is 0 Å². The summed E-state index contributed by atoms with van der Waals surface area (Å²) in [6.07, 6.45) is 69.6. The van der Waals surface area contributed by atoms with Gasteiger partial charge in [0, 0.05) is 12.8 Å². The molecule has 0 aliphatic heterocycles. The fraction of sp³-hybridized carbons (Fsp3) is 0.935. The Morgan fingerprint density at radius 3 is 1.00 bits per heavy atom. The molecule has 0 heterocycles. The van der Waals surface area contributed by atoms with Crippen molar-refractivity contribution in [1.82, 2.24) is 5.32 Å². The number of carbonyl (C=O) groups excluding carboxylic acids is 2. The standard InChI is InChI=1S/C62H121NO5/c1-3-5-7-9-11-13-15-17-19-23-28-32-36-40-44-48-52-56-62(67)68-57-53-49-45-41-37-33-29-25-22-20-21-24-27-31-35-39-43-47-51-55-61(66)63-59(58-64)60(65)54-50-46-42-38-34-30-26-18-16-14-12-10-8-6-4-2/h50,54,59-60,64-65H,3-49,51-53,55-58H2,1-2H3,(H,63,66)/b54-50+. The summed E-state index contributed by atoms with van der Waals surface area (Å²) < 4.78 is 5.50. The summed E-state index contributed by atoms with van der Waals surface area (Å²) in [5.74, 6) is -0.0556. The molecule has 0 fully saturated rings. The lowest BCUT2D eigenvalue weighted by Gasteiger charge is -2.20. The largest absolute Gasteiger partial charge is 0.466 e. The predicted octanol–water partition coefficient (Wildman–Crippen LogP) is 19.2. The van der Waals surface area contributed by atoms with Crippen LogP contribution in [0.25, 0.3) is 0 Å². The average molecular weight is 961 g/mol. The zero-order chi connectivity index (χ0) is 49.3. The predicted molar refractivity (Wildman–Crippen MR) is 297 cm³/mol. The highest BCUT2D eigenvalue weighted by atomic mass is 16.5. The summed E-state index contributed by atoms with van der Waals surface area (Å²) in [5.41, 5.74) is 0. The summed E-state index contributed by atoms with van der Waals surface area (Å²) in [6, 6.07) is -0.629. The fourth-order valence-electron chi connectivity index (χ4n) is 9.81. The second-order valence-electron chi connectivity index (χ2n) is 21.4. The number of ether oxygens (including phenoxy) is 1. The molecule has 0 aliphatic carbocycles. The summed E-state index contributed by atoms with van der Waals surface area (Å²) in [4.78, 5) is 24.5. The molecule has 1 amide bonds. The van der Waals surface area contributed by atoms with Crippen LogP contribution in [-0.4, -0.2) is 47.4 Å². The van der Waals surface area contributed by atoms with Crippen LogP contribution >= 0.6 is 0 Å². The molecule has 0 aromatic heterocycles. The van der Waals surface area contributed by atoms with Crippen molar-refractivity contribution in [2.75, 3.05) is 13.2 Å². The molecule has 0 aromatic carbocycles. The van der Waals surface area contributed by atoms with E-state index in [1.807, 2.05) is 6.08 Å². The van der Waals surface area contributed by atoms with Gasteiger partial charge in [-0.15, -0.1) is 0 Å². The van der Waals surface area contributed by atoms with Gasteiger partial charge < -0.3 is 20.3 Å². The van der Waals surface area contributed by atoms with Crippen molar-refractivity contribution in [3.05, 3.63) is 12.2 Å². The number of aliphatic hydroxyl groups is 2. The molecule has 0 aromatic rings. The van der Waals surface area contributed by atoms with Crippen LogP contribution in [0.2, 0.25) is 0 Å². The molecular weight excluding hydrogens is 839 g/mol. The topological polar surface area (TPSA) is 95.9 Å². The van der Waals surface area contributed by atoms with E-state index in [1.54, 1.807) is 6.08 Å². The maximum Gasteiger partial charge on any atom is 0.305 e. The van der Waals surface area contributed by atoms with Gasteiger partial charge in [-0.25, -0.2) is 0 Å². The summed E-state index contributed by atoms with van der Waals surface area (Å²) in [7, 11) is 0. The third-order valence-corrected chi connectivity index (χ3v) is 14.6. The second kappa shape index (κ2) is 58.2. The number of allylic oxidation sites excluding steroid dienone is 1. The van der Waals surface area contributed by atoms with E-state index in [0.717, 1.165) is 38.5 Å². The first-order valence-corrected chi connectivity index (χ1v) is 31.0. The lowest BCUT2D eigenvalue weighted by Crippen LogP contribution is -2.45. The SMILES string of the molecule is CCCCCCCCCCCCCCC/C=C/C(O)C(CO)NC(=O)CCCCCCCCCCCCCCCCCCCCCOC(=O)CCCCCCCCCCCCCCCCCCC. The quantitative estimate of drug-likeness (QED) is 0.0321. The zero-order valence-electron chi connectivity index (χ0n) is 46.1. The van der Waals surface area contributed by atoms with Gasteiger partial charge >= 0.3 is 5.97 Å². The van der Waals surface area contributed by atoms with Gasteiger partial charge in [-0.1, -0.05) is 315 Å². The first-order chi connectivity index (χ1) is 33.5. The number of nitrogens with one attached hydrogen (secondary N) is 1. The Kier molecular flexibility index (Phi) is 57.0. The maximum absolute atomic E-state index is 12.5. The average Bonchev–Trinajstić information content (AvgIpc) is 3.34. The first-order valence-electron chi connectivity index (χ1n) is 31.0. The molecule has 404 valence electrons. The smallest absolute Gasteiger partial charge is 0.305 e. The first kappa shape index (κ1) is 66.6. The molecule has 6 heteroatoms. The molecule has 2 unspecified atom stereocenters. The van der Waals surface area contributed by atoms with Crippen LogP contribution in [0, 0.1) is 0 Å². The van der Waals surface area contributed by atoms with E-state index in [2.05, 4.69) is 19.2 Å². The second-order valence-corrected chi connectivity index (χ2v) is 21.4. The van der Waals surface area contributed by atoms with Crippen LogP contribution in [0.4, 0.5) is 0 Å². The van der Waals surface area contributed by atoms with E-state index in [9.17, 15) is 19.8 Å². The van der Waals surface area contributed by atoms with Crippen molar-refractivity contribution in [3.63, 3.8) is 0 Å². The lowest BCUT2D eigenvalue weighted by atomic mass is 10.0. The van der Waals surface area contributed by atoms with Gasteiger partial charge in [0.05, 0.1) is 25.4 Å². The Morgan fingerprint density at radius 1 is 0.397 bits per heavy atom. The van der Waals surface area contributed by atoms with E-state index < -0.39 is 12.1 Å². The van der Waals surface area contributed by atoms with Crippen LogP contribution < -0.4 is 5.32 Å². The minimum atomic E-state index is -0.845. The van der Waals surface area contributed by atoms with Crippen molar-refractivity contribution >= 4 is 11.9 Å². The molecule has 6 nitrogen and oxygen atoms in total. The fourth-order valence-corrected chi connectivity index (χ4v) is 9.81. The Hall–Kier alpha value is -1.40. The third kappa shape index (κ3) is 53.9.